The number of piperidine rings is 1. The average molecular weight is 329 g/mol. The molecule has 0 amide bonds. The highest BCUT2D eigenvalue weighted by Crippen LogP contribution is 2.19. The molecule has 7 nitrogen and oxygen atoms in total. The maximum atomic E-state index is 12.4. The number of nitrogens with one attached hydrogen (secondary N) is 3. The highest BCUT2D eigenvalue weighted by atomic mass is 16.2. The number of rotatable bonds is 4. The monoisotopic (exact) mass is 329 g/mol. The minimum atomic E-state index is -0.495. The molecule has 3 N–H and O–H groups in total. The molecule has 1 atom stereocenters. The summed E-state index contributed by atoms with van der Waals surface area (Å²) in [6.45, 7) is 5.61. The van der Waals surface area contributed by atoms with Gasteiger partial charge in [-0.15, -0.1) is 0 Å². The standard InChI is InChI=1S/C17H23N5O2/c1-11-5-3-4-6-14(11)12(2)19-15-20-16(23)22(17(24)21-15)13-7-9-18-10-8-13/h3-6,12-13,18H,7-10H2,1-2H3,(H2,19,20,21,23,24). The quantitative estimate of drug-likeness (QED) is 0.787. The molecule has 2 aromatic rings. The molecule has 1 aliphatic heterocycles. The van der Waals surface area contributed by atoms with E-state index < -0.39 is 11.4 Å². The molecule has 1 aromatic carbocycles. The van der Waals surface area contributed by atoms with Crippen molar-refractivity contribution in [2.45, 2.75) is 38.8 Å². The van der Waals surface area contributed by atoms with Gasteiger partial charge < -0.3 is 10.6 Å². The van der Waals surface area contributed by atoms with E-state index in [2.05, 4.69) is 20.6 Å². The van der Waals surface area contributed by atoms with Crippen LogP contribution in [0.3, 0.4) is 0 Å². The normalized spacial score (nSPS) is 16.8. The molecule has 1 aromatic heterocycles. The van der Waals surface area contributed by atoms with Crippen LogP contribution in [-0.2, 0) is 0 Å². The summed E-state index contributed by atoms with van der Waals surface area (Å²) in [5.41, 5.74) is 1.34. The first-order chi connectivity index (χ1) is 11.6. The molecule has 1 aliphatic rings. The van der Waals surface area contributed by atoms with E-state index in [1.807, 2.05) is 38.1 Å². The molecule has 1 saturated heterocycles. The van der Waals surface area contributed by atoms with Crippen molar-refractivity contribution in [3.05, 3.63) is 56.4 Å². The van der Waals surface area contributed by atoms with Crippen molar-refractivity contribution in [1.82, 2.24) is 19.9 Å². The first-order valence-electron chi connectivity index (χ1n) is 8.32. The average Bonchev–Trinajstić information content (AvgIpc) is 2.55. The summed E-state index contributed by atoms with van der Waals surface area (Å²) >= 11 is 0. The minimum Gasteiger partial charge on any atom is -0.349 e. The van der Waals surface area contributed by atoms with E-state index in [1.54, 1.807) is 0 Å². The number of benzene rings is 1. The van der Waals surface area contributed by atoms with Gasteiger partial charge in [-0.3, -0.25) is 4.98 Å². The van der Waals surface area contributed by atoms with Crippen molar-refractivity contribution in [2.24, 2.45) is 0 Å². The van der Waals surface area contributed by atoms with Crippen LogP contribution in [0.25, 0.3) is 0 Å². The third kappa shape index (κ3) is 3.41. The van der Waals surface area contributed by atoms with Crippen molar-refractivity contribution in [2.75, 3.05) is 18.4 Å². The number of hydrogen-bond acceptors (Lipinski definition) is 5. The van der Waals surface area contributed by atoms with Crippen LogP contribution in [0.4, 0.5) is 5.95 Å². The Morgan fingerprint density at radius 1 is 1.25 bits per heavy atom. The summed E-state index contributed by atoms with van der Waals surface area (Å²) < 4.78 is 1.24. The van der Waals surface area contributed by atoms with Gasteiger partial charge in [-0.05, 0) is 50.9 Å². The fourth-order valence-electron chi connectivity index (χ4n) is 3.24. The molecule has 3 rings (SSSR count). The van der Waals surface area contributed by atoms with Crippen LogP contribution in [-0.4, -0.2) is 27.6 Å². The smallest absolute Gasteiger partial charge is 0.349 e. The number of nitrogens with zero attached hydrogens (tertiary/aromatic N) is 2. The van der Waals surface area contributed by atoms with Gasteiger partial charge in [0, 0.05) is 6.04 Å². The predicted octanol–water partition coefficient (Wildman–Crippen LogP) is 1.34. The molecule has 24 heavy (non-hydrogen) atoms. The zero-order valence-corrected chi connectivity index (χ0v) is 14.0. The van der Waals surface area contributed by atoms with Crippen molar-refractivity contribution in [3.63, 3.8) is 0 Å². The number of hydrogen-bond donors (Lipinski definition) is 3. The van der Waals surface area contributed by atoms with Crippen molar-refractivity contribution in [1.29, 1.82) is 0 Å². The maximum Gasteiger partial charge on any atom is 0.355 e. The van der Waals surface area contributed by atoms with Crippen molar-refractivity contribution < 1.29 is 0 Å². The van der Waals surface area contributed by atoms with Gasteiger partial charge in [0.25, 0.3) is 0 Å². The molecule has 7 heteroatoms. The first kappa shape index (κ1) is 16.4. The van der Waals surface area contributed by atoms with Crippen LogP contribution in [0, 0.1) is 6.92 Å². The van der Waals surface area contributed by atoms with E-state index in [4.69, 9.17) is 0 Å². The minimum absolute atomic E-state index is 0.0662. The van der Waals surface area contributed by atoms with E-state index >= 15 is 0 Å². The first-order valence-corrected chi connectivity index (χ1v) is 8.32. The maximum absolute atomic E-state index is 12.4. The Labute approximate surface area is 140 Å². The second-order valence-electron chi connectivity index (χ2n) is 6.25. The summed E-state index contributed by atoms with van der Waals surface area (Å²) in [6, 6.07) is 7.83. The van der Waals surface area contributed by atoms with Crippen LogP contribution in [0.2, 0.25) is 0 Å². The summed E-state index contributed by atoms with van der Waals surface area (Å²) in [5.74, 6) is 0.214. The Kier molecular flexibility index (Phi) is 4.80. The van der Waals surface area contributed by atoms with Gasteiger partial charge in [-0.2, -0.15) is 4.98 Å². The zero-order valence-electron chi connectivity index (χ0n) is 14.0. The topological polar surface area (TPSA) is 91.8 Å². The lowest BCUT2D eigenvalue weighted by atomic mass is 10.0. The SMILES string of the molecule is Cc1ccccc1C(C)Nc1nc(=O)n(C2CCNCC2)c(=O)[nH]1. The third-order valence-electron chi connectivity index (χ3n) is 4.54. The Morgan fingerprint density at radius 3 is 2.62 bits per heavy atom. The summed E-state index contributed by atoms with van der Waals surface area (Å²) in [6.07, 6.45) is 1.52. The molecular weight excluding hydrogens is 306 g/mol. The van der Waals surface area contributed by atoms with Crippen molar-refractivity contribution in [3.8, 4) is 0 Å². The lowest BCUT2D eigenvalue weighted by molar-refractivity contribution is 0.345. The Morgan fingerprint density at radius 2 is 1.96 bits per heavy atom. The summed E-state index contributed by atoms with van der Waals surface area (Å²) in [5, 5.41) is 6.34. The molecule has 0 bridgehead atoms. The Bertz CT molecular complexity index is 789. The Balaban J connectivity index is 1.84. The molecule has 1 unspecified atom stereocenters. The van der Waals surface area contributed by atoms with Gasteiger partial charge in [-0.1, -0.05) is 24.3 Å². The Hall–Kier alpha value is -2.41. The second kappa shape index (κ2) is 7.00. The lowest BCUT2D eigenvalue weighted by Crippen LogP contribution is -2.43. The van der Waals surface area contributed by atoms with Crippen LogP contribution >= 0.6 is 0 Å². The van der Waals surface area contributed by atoms with Crippen molar-refractivity contribution >= 4 is 5.95 Å². The highest BCUT2D eigenvalue weighted by molar-refractivity contribution is 5.35. The van der Waals surface area contributed by atoms with Gasteiger partial charge in [0.1, 0.15) is 0 Å². The van der Waals surface area contributed by atoms with Crippen LogP contribution in [0.15, 0.2) is 33.9 Å². The van der Waals surface area contributed by atoms with E-state index in [-0.39, 0.29) is 18.0 Å². The number of H-pyrrole nitrogens is 1. The van der Waals surface area contributed by atoms with Gasteiger partial charge in [-0.25, -0.2) is 14.2 Å². The zero-order chi connectivity index (χ0) is 17.1. The van der Waals surface area contributed by atoms with E-state index in [0.717, 1.165) is 37.1 Å². The highest BCUT2D eigenvalue weighted by Gasteiger charge is 2.20. The molecule has 1 fully saturated rings. The summed E-state index contributed by atoms with van der Waals surface area (Å²) in [7, 11) is 0. The fraction of sp³-hybridized carbons (Fsp3) is 0.471. The number of anilines is 1. The lowest BCUT2D eigenvalue weighted by Gasteiger charge is -2.23. The van der Waals surface area contributed by atoms with E-state index in [0.29, 0.717) is 0 Å². The number of aromatic amines is 1. The summed E-state index contributed by atoms with van der Waals surface area (Å²) in [4.78, 5) is 31.4. The van der Waals surface area contributed by atoms with Gasteiger partial charge >= 0.3 is 11.4 Å². The van der Waals surface area contributed by atoms with Gasteiger partial charge in [0.2, 0.25) is 5.95 Å². The molecule has 128 valence electrons. The largest absolute Gasteiger partial charge is 0.355 e. The molecular formula is C17H23N5O2. The van der Waals surface area contributed by atoms with Gasteiger partial charge in [0.15, 0.2) is 0 Å². The van der Waals surface area contributed by atoms with Crippen LogP contribution in [0.5, 0.6) is 0 Å². The third-order valence-corrected chi connectivity index (χ3v) is 4.54. The predicted molar refractivity (Wildman–Crippen MR) is 93.5 cm³/mol. The molecule has 2 heterocycles. The fourth-order valence-corrected chi connectivity index (χ4v) is 3.24. The molecule has 0 aliphatic carbocycles. The van der Waals surface area contributed by atoms with Crippen LogP contribution < -0.4 is 22.0 Å². The van der Waals surface area contributed by atoms with E-state index in [9.17, 15) is 9.59 Å². The second-order valence-corrected chi connectivity index (χ2v) is 6.25. The van der Waals surface area contributed by atoms with Crippen LogP contribution in [0.1, 0.15) is 43.0 Å². The van der Waals surface area contributed by atoms with Gasteiger partial charge in [0.05, 0.1) is 6.04 Å². The molecule has 0 spiro atoms. The van der Waals surface area contributed by atoms with E-state index in [1.165, 1.54) is 4.57 Å². The molecule has 0 radical (unpaired) electrons. The number of aryl methyl sites for hydroxylation is 1. The number of aromatic nitrogens is 3. The molecule has 0 saturated carbocycles.